The maximum Gasteiger partial charge on any atom is 0.468 e. The third kappa shape index (κ3) is 1.73. The molecule has 15 heavy (non-hydrogen) atoms. The fraction of sp³-hybridized carbons (Fsp3) is 0.667. The maximum absolute atomic E-state index is 12.3. The highest BCUT2D eigenvalue weighted by Crippen LogP contribution is 2.34. The van der Waals surface area contributed by atoms with E-state index in [0.29, 0.717) is 24.4 Å². The summed E-state index contributed by atoms with van der Waals surface area (Å²) in [4.78, 5) is 5.47. The van der Waals surface area contributed by atoms with Crippen LogP contribution >= 0.6 is 0 Å². The highest BCUT2D eigenvalue weighted by Gasteiger charge is 2.40. The van der Waals surface area contributed by atoms with E-state index in [2.05, 4.69) is 4.98 Å². The lowest BCUT2D eigenvalue weighted by Crippen LogP contribution is -2.30. The SMILES string of the molecule is CC1c2nc(C(F)(F)F)oc2CCN1C. The molecule has 1 atom stereocenters. The molecule has 6 heteroatoms. The van der Waals surface area contributed by atoms with Crippen LogP contribution in [0.1, 0.15) is 30.3 Å². The molecule has 1 unspecified atom stereocenters. The van der Waals surface area contributed by atoms with E-state index in [1.54, 1.807) is 0 Å². The summed E-state index contributed by atoms with van der Waals surface area (Å²) in [7, 11) is 1.86. The molecule has 2 heterocycles. The molecule has 1 aromatic heterocycles. The van der Waals surface area contributed by atoms with E-state index in [0.717, 1.165) is 0 Å². The summed E-state index contributed by atoms with van der Waals surface area (Å²) in [5.74, 6) is -0.762. The fourth-order valence-electron chi connectivity index (χ4n) is 1.67. The van der Waals surface area contributed by atoms with Gasteiger partial charge in [-0.1, -0.05) is 0 Å². The van der Waals surface area contributed by atoms with Crippen molar-refractivity contribution >= 4 is 0 Å². The minimum absolute atomic E-state index is 0.117. The zero-order valence-electron chi connectivity index (χ0n) is 8.43. The van der Waals surface area contributed by atoms with Crippen molar-refractivity contribution in [3.8, 4) is 0 Å². The zero-order chi connectivity index (χ0) is 11.2. The molecule has 0 amide bonds. The standard InChI is InChI=1S/C9H11F3N2O/c1-5-7-6(3-4-14(5)2)15-8(13-7)9(10,11)12/h5H,3-4H2,1-2H3. The Bertz CT molecular complexity index is 372. The molecule has 0 N–H and O–H groups in total. The lowest BCUT2D eigenvalue weighted by molar-refractivity contribution is -0.157. The third-order valence-corrected chi connectivity index (χ3v) is 2.72. The molecule has 0 aromatic carbocycles. The molecule has 0 fully saturated rings. The van der Waals surface area contributed by atoms with Gasteiger partial charge in [0, 0.05) is 13.0 Å². The van der Waals surface area contributed by atoms with E-state index in [-0.39, 0.29) is 6.04 Å². The van der Waals surface area contributed by atoms with E-state index >= 15 is 0 Å². The van der Waals surface area contributed by atoms with Gasteiger partial charge in [-0.3, -0.25) is 4.90 Å². The molecule has 84 valence electrons. The number of halogens is 3. The van der Waals surface area contributed by atoms with Crippen molar-refractivity contribution in [2.45, 2.75) is 25.6 Å². The molecular formula is C9H11F3N2O. The van der Waals surface area contributed by atoms with Gasteiger partial charge < -0.3 is 4.42 Å². The van der Waals surface area contributed by atoms with Crippen LogP contribution in [0.3, 0.4) is 0 Å². The minimum atomic E-state index is -4.49. The number of nitrogens with zero attached hydrogens (tertiary/aromatic N) is 2. The number of likely N-dealkylation sites (N-methyl/N-ethyl adjacent to an activating group) is 1. The first kappa shape index (κ1) is 10.5. The monoisotopic (exact) mass is 220 g/mol. The van der Waals surface area contributed by atoms with E-state index in [1.807, 2.05) is 18.9 Å². The Morgan fingerprint density at radius 3 is 2.73 bits per heavy atom. The smallest absolute Gasteiger partial charge is 0.438 e. The Morgan fingerprint density at radius 2 is 2.13 bits per heavy atom. The first-order valence-corrected chi connectivity index (χ1v) is 4.66. The van der Waals surface area contributed by atoms with Gasteiger partial charge in [0.15, 0.2) is 0 Å². The largest absolute Gasteiger partial charge is 0.468 e. The molecule has 0 aliphatic carbocycles. The molecule has 0 radical (unpaired) electrons. The summed E-state index contributed by atoms with van der Waals surface area (Å²) in [5, 5.41) is 0. The summed E-state index contributed by atoms with van der Waals surface area (Å²) in [6.45, 7) is 2.52. The molecule has 1 aromatic rings. The number of fused-ring (bicyclic) bond motifs is 1. The van der Waals surface area contributed by atoms with Crippen LogP contribution in [-0.2, 0) is 12.6 Å². The first-order valence-electron chi connectivity index (χ1n) is 4.66. The summed E-state index contributed by atoms with van der Waals surface area (Å²) >= 11 is 0. The number of rotatable bonds is 0. The van der Waals surface area contributed by atoms with Crippen LogP contribution in [0, 0.1) is 0 Å². The lowest BCUT2D eigenvalue weighted by atomic mass is 10.1. The van der Waals surface area contributed by atoms with Crippen molar-refractivity contribution in [3.05, 3.63) is 17.3 Å². The number of aromatic nitrogens is 1. The van der Waals surface area contributed by atoms with E-state index in [9.17, 15) is 13.2 Å². The van der Waals surface area contributed by atoms with E-state index in [4.69, 9.17) is 4.42 Å². The van der Waals surface area contributed by atoms with Crippen molar-refractivity contribution in [1.82, 2.24) is 9.88 Å². The number of alkyl halides is 3. The van der Waals surface area contributed by atoms with Gasteiger partial charge >= 0.3 is 12.1 Å². The Morgan fingerprint density at radius 1 is 1.47 bits per heavy atom. The molecule has 0 bridgehead atoms. The predicted octanol–water partition coefficient (Wildman–Crippen LogP) is 2.24. The fourth-order valence-corrected chi connectivity index (χ4v) is 1.67. The van der Waals surface area contributed by atoms with Gasteiger partial charge in [-0.05, 0) is 14.0 Å². The van der Waals surface area contributed by atoms with Crippen LogP contribution in [0.2, 0.25) is 0 Å². The van der Waals surface area contributed by atoms with Gasteiger partial charge in [0.2, 0.25) is 0 Å². The molecule has 2 rings (SSSR count). The quantitative estimate of drug-likeness (QED) is 0.671. The number of hydrogen-bond donors (Lipinski definition) is 0. The van der Waals surface area contributed by atoms with Crippen LogP contribution < -0.4 is 0 Å². The van der Waals surface area contributed by atoms with Crippen LogP contribution in [0.15, 0.2) is 4.42 Å². The predicted molar refractivity (Wildman–Crippen MR) is 46.3 cm³/mol. The summed E-state index contributed by atoms with van der Waals surface area (Å²) in [6.07, 6.45) is -4.01. The highest BCUT2D eigenvalue weighted by atomic mass is 19.4. The lowest BCUT2D eigenvalue weighted by Gasteiger charge is -2.27. The van der Waals surface area contributed by atoms with Crippen LogP contribution in [0.4, 0.5) is 13.2 Å². The molecular weight excluding hydrogens is 209 g/mol. The first-order chi connectivity index (χ1) is 6.89. The van der Waals surface area contributed by atoms with Gasteiger partial charge in [-0.15, -0.1) is 0 Å². The normalized spacial score (nSPS) is 22.9. The maximum atomic E-state index is 12.3. The summed E-state index contributed by atoms with van der Waals surface area (Å²) < 4.78 is 41.7. The molecule has 1 aliphatic heterocycles. The topological polar surface area (TPSA) is 29.3 Å². The number of oxazole rings is 1. The van der Waals surface area contributed by atoms with Gasteiger partial charge in [0.1, 0.15) is 5.76 Å². The van der Waals surface area contributed by atoms with Crippen molar-refractivity contribution in [1.29, 1.82) is 0 Å². The van der Waals surface area contributed by atoms with Crippen molar-refractivity contribution in [2.24, 2.45) is 0 Å². The number of hydrogen-bond acceptors (Lipinski definition) is 3. The second kappa shape index (κ2) is 3.23. The molecule has 0 saturated carbocycles. The summed E-state index contributed by atoms with van der Waals surface area (Å²) in [5.41, 5.74) is 0.413. The Balaban J connectivity index is 2.40. The Labute approximate surface area is 84.9 Å². The van der Waals surface area contributed by atoms with E-state index < -0.39 is 12.1 Å². The molecule has 0 saturated heterocycles. The Kier molecular flexibility index (Phi) is 2.26. The third-order valence-electron chi connectivity index (χ3n) is 2.72. The summed E-state index contributed by atoms with van der Waals surface area (Å²) in [6, 6.07) is -0.117. The molecule has 1 aliphatic rings. The van der Waals surface area contributed by atoms with Crippen molar-refractivity contribution < 1.29 is 17.6 Å². The van der Waals surface area contributed by atoms with Gasteiger partial charge in [0.05, 0.1) is 11.7 Å². The highest BCUT2D eigenvalue weighted by molar-refractivity contribution is 5.18. The average Bonchev–Trinajstić information content (AvgIpc) is 2.55. The van der Waals surface area contributed by atoms with Gasteiger partial charge in [0.25, 0.3) is 0 Å². The second-order valence-electron chi connectivity index (χ2n) is 3.73. The molecule has 0 spiro atoms. The van der Waals surface area contributed by atoms with Gasteiger partial charge in [-0.25, -0.2) is 4.98 Å². The molecule has 3 nitrogen and oxygen atoms in total. The van der Waals surface area contributed by atoms with Crippen LogP contribution in [0.25, 0.3) is 0 Å². The van der Waals surface area contributed by atoms with E-state index in [1.165, 1.54) is 0 Å². The Hall–Kier alpha value is -1.04. The van der Waals surface area contributed by atoms with Gasteiger partial charge in [-0.2, -0.15) is 13.2 Å². The van der Waals surface area contributed by atoms with Crippen molar-refractivity contribution in [3.63, 3.8) is 0 Å². The van der Waals surface area contributed by atoms with Crippen molar-refractivity contribution in [2.75, 3.05) is 13.6 Å². The van der Waals surface area contributed by atoms with Crippen LogP contribution in [-0.4, -0.2) is 23.5 Å². The zero-order valence-corrected chi connectivity index (χ0v) is 8.43. The minimum Gasteiger partial charge on any atom is -0.438 e. The second-order valence-corrected chi connectivity index (χ2v) is 3.73. The average molecular weight is 220 g/mol. The van der Waals surface area contributed by atoms with Crippen LogP contribution in [0.5, 0.6) is 0 Å².